The molecule has 4 aromatic carbocycles. The number of carbonyl (C=O) groups is 3. The molecule has 1 fully saturated rings. The van der Waals surface area contributed by atoms with Gasteiger partial charge in [-0.1, -0.05) is 31.4 Å². The number of rotatable bonds is 10. The van der Waals surface area contributed by atoms with E-state index in [0.717, 1.165) is 55.3 Å². The summed E-state index contributed by atoms with van der Waals surface area (Å²) in [6.07, 6.45) is 1.50. The predicted octanol–water partition coefficient (Wildman–Crippen LogP) is 8.86. The van der Waals surface area contributed by atoms with Crippen LogP contribution in [-0.2, 0) is 12.7 Å². The highest BCUT2D eigenvalue weighted by molar-refractivity contribution is 5.91. The number of phenols is 3. The molecule has 24 heteroatoms. The molecular formula is C40H46F3N9O12. The first kappa shape index (κ1) is 50.4. The first-order valence-electron chi connectivity index (χ1n) is 19.2. The molecule has 344 valence electrons. The maximum absolute atomic E-state index is 12.4. The van der Waals surface area contributed by atoms with E-state index >= 15 is 0 Å². The fourth-order valence-corrected chi connectivity index (χ4v) is 5.72. The molecule has 0 unspecified atom stereocenters. The Bertz CT molecular complexity index is 2300. The molecule has 0 saturated heterocycles. The number of nitro groups is 3. The van der Waals surface area contributed by atoms with Crippen LogP contribution in [0, 0.1) is 36.3 Å². The number of nitrogens with zero attached hydrogens (tertiary/aromatic N) is 3. The molecule has 0 atom stereocenters. The van der Waals surface area contributed by atoms with Gasteiger partial charge in [0.25, 0.3) is 0 Å². The highest BCUT2D eigenvalue weighted by Crippen LogP contribution is 2.32. The molecule has 0 spiro atoms. The van der Waals surface area contributed by atoms with Crippen molar-refractivity contribution in [2.45, 2.75) is 71.1 Å². The fourth-order valence-electron chi connectivity index (χ4n) is 5.72. The van der Waals surface area contributed by atoms with Gasteiger partial charge < -0.3 is 47.2 Å². The lowest BCUT2D eigenvalue weighted by atomic mass is 9.89. The third-order valence-corrected chi connectivity index (χ3v) is 8.79. The number of carbonyl (C=O) groups excluding carboxylic acids is 3. The smallest absolute Gasteiger partial charge is 0.416 e. The molecule has 4 aromatic rings. The number of halogens is 3. The summed E-state index contributed by atoms with van der Waals surface area (Å²) in [7, 11) is 0. The van der Waals surface area contributed by atoms with Crippen LogP contribution < -0.4 is 31.9 Å². The SMILES string of the molecule is CC(C)(C)NC(=O)Nc1ccc(O)c([N+](=O)[O-])c1.O=C(NCC1CCCCC1)Nc1ccc(O)c([N+](=O)[O-])c1.O=C(NCc1ccc(C(F)(F)F)cc1)Nc1ccc(O)c([N+](=O)[O-])c1. The number of hydrogen-bond acceptors (Lipinski definition) is 12. The van der Waals surface area contributed by atoms with Gasteiger partial charge in [-0.2, -0.15) is 13.2 Å². The summed E-state index contributed by atoms with van der Waals surface area (Å²) in [6.45, 7) is 6.01. The van der Waals surface area contributed by atoms with E-state index in [-0.39, 0.29) is 29.6 Å². The van der Waals surface area contributed by atoms with Gasteiger partial charge in [0.05, 0.1) is 20.3 Å². The molecule has 1 aliphatic carbocycles. The van der Waals surface area contributed by atoms with E-state index in [1.807, 2.05) is 20.8 Å². The minimum atomic E-state index is -4.43. The number of nitrogens with one attached hydrogen (secondary N) is 6. The summed E-state index contributed by atoms with van der Waals surface area (Å²) in [5, 5.41) is 75.1. The summed E-state index contributed by atoms with van der Waals surface area (Å²) < 4.78 is 37.3. The Balaban J connectivity index is 0.000000259. The van der Waals surface area contributed by atoms with Crippen LogP contribution in [0.5, 0.6) is 17.2 Å². The first-order valence-corrected chi connectivity index (χ1v) is 19.2. The van der Waals surface area contributed by atoms with Crippen LogP contribution in [0.1, 0.15) is 64.0 Å². The third kappa shape index (κ3) is 17.2. The molecule has 21 nitrogen and oxygen atoms in total. The number of phenolic OH excluding ortho intramolecular Hbond substituents is 3. The molecular weight excluding hydrogens is 855 g/mol. The molecule has 64 heavy (non-hydrogen) atoms. The lowest BCUT2D eigenvalue weighted by Gasteiger charge is -2.21. The molecule has 0 heterocycles. The molecule has 1 saturated carbocycles. The maximum Gasteiger partial charge on any atom is 0.416 e. The van der Waals surface area contributed by atoms with Gasteiger partial charge in [0.15, 0.2) is 17.2 Å². The quantitative estimate of drug-likeness (QED) is 0.0409. The summed E-state index contributed by atoms with van der Waals surface area (Å²) >= 11 is 0. The molecule has 9 N–H and O–H groups in total. The summed E-state index contributed by atoms with van der Waals surface area (Å²) in [5.74, 6) is -0.894. The second-order valence-electron chi connectivity index (χ2n) is 15.1. The molecule has 0 aliphatic heterocycles. The van der Waals surface area contributed by atoms with Crippen molar-refractivity contribution in [3.05, 3.63) is 120 Å². The molecule has 0 bridgehead atoms. The van der Waals surface area contributed by atoms with Gasteiger partial charge in [-0.3, -0.25) is 30.3 Å². The number of nitro benzene ring substituents is 3. The normalized spacial score (nSPS) is 12.4. The molecule has 0 aromatic heterocycles. The molecule has 0 radical (unpaired) electrons. The lowest BCUT2D eigenvalue weighted by molar-refractivity contribution is -0.385. The monoisotopic (exact) mass is 901 g/mol. The zero-order chi connectivity index (χ0) is 47.8. The number of amides is 6. The van der Waals surface area contributed by atoms with Crippen molar-refractivity contribution in [3.8, 4) is 17.2 Å². The minimum absolute atomic E-state index is 0.0376. The van der Waals surface area contributed by atoms with E-state index < -0.39 is 78.4 Å². The Morgan fingerprint density at radius 3 is 1.38 bits per heavy atom. The second kappa shape index (κ2) is 22.8. The van der Waals surface area contributed by atoms with Crippen molar-refractivity contribution in [2.75, 3.05) is 22.5 Å². The zero-order valence-corrected chi connectivity index (χ0v) is 34.5. The van der Waals surface area contributed by atoms with E-state index in [9.17, 15) is 73.2 Å². The number of anilines is 3. The van der Waals surface area contributed by atoms with Gasteiger partial charge >= 0.3 is 41.3 Å². The largest absolute Gasteiger partial charge is 0.502 e. The van der Waals surface area contributed by atoms with Gasteiger partial charge in [0.1, 0.15) is 0 Å². The van der Waals surface area contributed by atoms with E-state index in [0.29, 0.717) is 18.0 Å². The van der Waals surface area contributed by atoms with Crippen molar-refractivity contribution in [3.63, 3.8) is 0 Å². The van der Waals surface area contributed by atoms with Crippen molar-refractivity contribution in [1.82, 2.24) is 16.0 Å². The Kier molecular flexibility index (Phi) is 18.0. The van der Waals surface area contributed by atoms with Crippen LogP contribution in [-0.4, -0.2) is 60.3 Å². The number of benzene rings is 4. The Morgan fingerprint density at radius 1 is 0.609 bits per heavy atom. The highest BCUT2D eigenvalue weighted by atomic mass is 19.4. The van der Waals surface area contributed by atoms with Gasteiger partial charge in [0, 0.05) is 53.9 Å². The maximum atomic E-state index is 12.4. The Labute approximate surface area is 362 Å². The van der Waals surface area contributed by atoms with Crippen molar-refractivity contribution in [1.29, 1.82) is 0 Å². The average molecular weight is 902 g/mol. The molecule has 1 aliphatic rings. The summed E-state index contributed by atoms with van der Waals surface area (Å²) in [4.78, 5) is 64.9. The topological polar surface area (TPSA) is 313 Å². The average Bonchev–Trinajstić information content (AvgIpc) is 3.21. The van der Waals surface area contributed by atoms with E-state index in [1.54, 1.807) is 0 Å². The van der Waals surface area contributed by atoms with Crippen molar-refractivity contribution >= 4 is 52.2 Å². The van der Waals surface area contributed by atoms with Gasteiger partial charge in [-0.25, -0.2) is 14.4 Å². The first-order chi connectivity index (χ1) is 29.9. The minimum Gasteiger partial charge on any atom is -0.502 e. The van der Waals surface area contributed by atoms with Gasteiger partial charge in [-0.15, -0.1) is 0 Å². The number of hydrogen-bond donors (Lipinski definition) is 9. The van der Waals surface area contributed by atoms with Crippen LogP contribution in [0.15, 0.2) is 78.9 Å². The van der Waals surface area contributed by atoms with Crippen LogP contribution in [0.25, 0.3) is 0 Å². The van der Waals surface area contributed by atoms with Crippen molar-refractivity contribution in [2.24, 2.45) is 5.92 Å². The van der Waals surface area contributed by atoms with Crippen LogP contribution in [0.4, 0.5) is 61.7 Å². The van der Waals surface area contributed by atoms with Crippen molar-refractivity contribution < 1.29 is 57.6 Å². The third-order valence-electron chi connectivity index (χ3n) is 8.79. The predicted molar refractivity (Wildman–Crippen MR) is 227 cm³/mol. The summed E-state index contributed by atoms with van der Waals surface area (Å²) in [6, 6.07) is 13.4. The van der Waals surface area contributed by atoms with E-state index in [4.69, 9.17) is 0 Å². The van der Waals surface area contributed by atoms with Crippen LogP contribution in [0.2, 0.25) is 0 Å². The van der Waals surface area contributed by atoms with Crippen LogP contribution >= 0.6 is 0 Å². The molecule has 6 amide bonds. The number of urea groups is 3. The zero-order valence-electron chi connectivity index (χ0n) is 34.5. The number of alkyl halides is 3. The fraction of sp³-hybridized carbons (Fsp3) is 0.325. The Morgan fingerprint density at radius 2 is 1.00 bits per heavy atom. The second-order valence-corrected chi connectivity index (χ2v) is 15.1. The standard InChI is InChI=1S/C15H12F3N3O4.C14H19N3O4.C11H15N3O4/c16-15(17,18)10-3-1-9(2-4-10)8-19-14(23)20-11-5-6-13(22)12(7-11)21(24)25;18-13-7-6-11(8-12(13)17(20)21)16-14(19)15-9-10-4-2-1-3-5-10;1-11(2,3)13-10(16)12-7-4-5-9(15)8(6-7)14(17)18/h1-7,22H,8H2,(H2,19,20,23);6-8,10,18H,1-5,9H2,(H2,15,16,19);4-6,15H,1-3H3,(H2,12,13,16). The van der Waals surface area contributed by atoms with Gasteiger partial charge in [-0.05, 0) is 93.6 Å². The van der Waals surface area contributed by atoms with E-state index in [2.05, 4.69) is 31.9 Å². The van der Waals surface area contributed by atoms with Gasteiger partial charge in [0.2, 0.25) is 0 Å². The number of aromatic hydroxyl groups is 3. The van der Waals surface area contributed by atoms with Crippen LogP contribution in [0.3, 0.4) is 0 Å². The lowest BCUT2D eigenvalue weighted by Crippen LogP contribution is -2.43. The Hall–Kier alpha value is -7.92. The van der Waals surface area contributed by atoms with E-state index in [1.165, 1.54) is 55.7 Å². The summed E-state index contributed by atoms with van der Waals surface area (Å²) in [5.41, 5.74) is -1.62. The highest BCUT2D eigenvalue weighted by Gasteiger charge is 2.30. The molecule has 5 rings (SSSR count).